The molecule has 1 aromatic heterocycles. The molecule has 1 fully saturated rings. The van der Waals surface area contributed by atoms with Crippen LogP contribution in [0.15, 0.2) is 12.3 Å². The molecule has 1 aromatic rings. The van der Waals surface area contributed by atoms with Crippen LogP contribution in [-0.4, -0.2) is 35.6 Å². The number of nitrogens with zero attached hydrogens (tertiary/aromatic N) is 2. The molecule has 2 rings (SSSR count). The van der Waals surface area contributed by atoms with Crippen LogP contribution in [0.2, 0.25) is 5.02 Å². The molecule has 0 spiro atoms. The summed E-state index contributed by atoms with van der Waals surface area (Å²) in [5.74, 6) is 0.718. The van der Waals surface area contributed by atoms with E-state index in [9.17, 15) is 0 Å². The second-order valence-electron chi connectivity index (χ2n) is 5.01. The first-order valence-electron chi connectivity index (χ1n) is 6.55. The Morgan fingerprint density at radius 1 is 1.44 bits per heavy atom. The third kappa shape index (κ3) is 3.75. The molecule has 1 unspecified atom stereocenters. The SMILES string of the molecule is CC(CN1CCCCC1)Nc1ncc(N)cc1Cl. The maximum Gasteiger partial charge on any atom is 0.145 e. The first-order chi connectivity index (χ1) is 8.65. The van der Waals surface area contributed by atoms with Crippen molar-refractivity contribution >= 4 is 23.1 Å². The molecule has 100 valence electrons. The first kappa shape index (κ1) is 13.4. The van der Waals surface area contributed by atoms with Gasteiger partial charge in [-0.3, -0.25) is 0 Å². The highest BCUT2D eigenvalue weighted by Crippen LogP contribution is 2.22. The van der Waals surface area contributed by atoms with Gasteiger partial charge >= 0.3 is 0 Å². The van der Waals surface area contributed by atoms with Gasteiger partial charge in [-0.25, -0.2) is 4.98 Å². The summed E-state index contributed by atoms with van der Waals surface area (Å²) >= 11 is 6.10. The Balaban J connectivity index is 1.87. The molecule has 0 aromatic carbocycles. The number of nitrogens with two attached hydrogens (primary N) is 1. The van der Waals surface area contributed by atoms with E-state index in [1.807, 2.05) is 0 Å². The zero-order chi connectivity index (χ0) is 13.0. The molecule has 0 aliphatic carbocycles. The number of anilines is 2. The maximum absolute atomic E-state index is 6.10. The number of piperidine rings is 1. The van der Waals surface area contributed by atoms with Crippen LogP contribution in [0.4, 0.5) is 11.5 Å². The Kier molecular flexibility index (Phi) is 4.66. The zero-order valence-corrected chi connectivity index (χ0v) is 11.6. The van der Waals surface area contributed by atoms with Crippen molar-refractivity contribution in [1.82, 2.24) is 9.88 Å². The summed E-state index contributed by atoms with van der Waals surface area (Å²) in [7, 11) is 0. The quantitative estimate of drug-likeness (QED) is 0.881. The molecular formula is C13H21ClN4. The fraction of sp³-hybridized carbons (Fsp3) is 0.615. The molecule has 1 aliphatic heterocycles. The van der Waals surface area contributed by atoms with Gasteiger partial charge in [-0.1, -0.05) is 18.0 Å². The van der Waals surface area contributed by atoms with E-state index in [1.165, 1.54) is 32.4 Å². The summed E-state index contributed by atoms with van der Waals surface area (Å²) in [5, 5.41) is 3.93. The standard InChI is InChI=1S/C13H21ClN4/c1-10(9-18-5-3-2-4-6-18)17-13-12(14)7-11(15)8-16-13/h7-8,10H,2-6,9,15H2,1H3,(H,16,17). The molecule has 0 amide bonds. The lowest BCUT2D eigenvalue weighted by atomic mass is 10.1. The van der Waals surface area contributed by atoms with E-state index in [4.69, 9.17) is 17.3 Å². The van der Waals surface area contributed by atoms with Crippen molar-refractivity contribution in [3.63, 3.8) is 0 Å². The number of aromatic nitrogens is 1. The summed E-state index contributed by atoms with van der Waals surface area (Å²) in [6, 6.07) is 2.06. The van der Waals surface area contributed by atoms with Gasteiger partial charge in [0.15, 0.2) is 0 Å². The minimum absolute atomic E-state index is 0.330. The highest BCUT2D eigenvalue weighted by atomic mass is 35.5. The third-order valence-electron chi connectivity index (χ3n) is 3.23. The Bertz CT molecular complexity index is 391. The first-order valence-corrected chi connectivity index (χ1v) is 6.93. The van der Waals surface area contributed by atoms with Gasteiger partial charge in [0, 0.05) is 12.6 Å². The van der Waals surface area contributed by atoms with Gasteiger partial charge in [-0.2, -0.15) is 0 Å². The molecule has 18 heavy (non-hydrogen) atoms. The number of rotatable bonds is 4. The summed E-state index contributed by atoms with van der Waals surface area (Å²) in [6.45, 7) is 5.59. The number of halogens is 1. The van der Waals surface area contributed by atoms with Crippen LogP contribution in [0.1, 0.15) is 26.2 Å². The van der Waals surface area contributed by atoms with E-state index < -0.39 is 0 Å². The van der Waals surface area contributed by atoms with E-state index in [0.717, 1.165) is 12.4 Å². The lowest BCUT2D eigenvalue weighted by Gasteiger charge is -2.29. The van der Waals surface area contributed by atoms with Crippen LogP contribution in [0.3, 0.4) is 0 Å². The normalized spacial score (nSPS) is 18.6. The fourth-order valence-corrected chi connectivity index (χ4v) is 2.60. The highest BCUT2D eigenvalue weighted by molar-refractivity contribution is 6.33. The highest BCUT2D eigenvalue weighted by Gasteiger charge is 2.14. The monoisotopic (exact) mass is 268 g/mol. The Labute approximate surface area is 114 Å². The maximum atomic E-state index is 6.10. The van der Waals surface area contributed by atoms with Crippen LogP contribution in [0.25, 0.3) is 0 Å². The number of nitrogen functional groups attached to an aromatic ring is 1. The number of pyridine rings is 1. The summed E-state index contributed by atoms with van der Waals surface area (Å²) in [5.41, 5.74) is 6.22. The summed E-state index contributed by atoms with van der Waals surface area (Å²) in [4.78, 5) is 6.72. The van der Waals surface area contributed by atoms with Gasteiger partial charge in [-0.05, 0) is 38.9 Å². The van der Waals surface area contributed by atoms with E-state index in [-0.39, 0.29) is 0 Å². The van der Waals surface area contributed by atoms with E-state index in [0.29, 0.717) is 16.8 Å². The Morgan fingerprint density at radius 2 is 2.17 bits per heavy atom. The molecule has 0 saturated carbocycles. The second-order valence-corrected chi connectivity index (χ2v) is 5.41. The van der Waals surface area contributed by atoms with Gasteiger partial charge < -0.3 is 16.0 Å². The van der Waals surface area contributed by atoms with Crippen molar-refractivity contribution in [2.75, 3.05) is 30.7 Å². The molecule has 1 aliphatic rings. The molecule has 4 nitrogen and oxygen atoms in total. The average Bonchev–Trinajstić information content (AvgIpc) is 2.34. The van der Waals surface area contributed by atoms with Gasteiger partial charge in [0.25, 0.3) is 0 Å². The molecule has 0 radical (unpaired) electrons. The van der Waals surface area contributed by atoms with Crippen molar-refractivity contribution in [2.24, 2.45) is 0 Å². The van der Waals surface area contributed by atoms with E-state index in [2.05, 4.69) is 22.1 Å². The summed E-state index contributed by atoms with van der Waals surface area (Å²) < 4.78 is 0. The molecular weight excluding hydrogens is 248 g/mol. The van der Waals surface area contributed by atoms with Crippen LogP contribution in [0, 0.1) is 0 Å². The lowest BCUT2D eigenvalue weighted by Crippen LogP contribution is -2.38. The minimum Gasteiger partial charge on any atom is -0.397 e. The third-order valence-corrected chi connectivity index (χ3v) is 3.51. The number of likely N-dealkylation sites (tertiary alicyclic amines) is 1. The molecule has 1 saturated heterocycles. The van der Waals surface area contributed by atoms with E-state index >= 15 is 0 Å². The molecule has 0 bridgehead atoms. The predicted octanol–water partition coefficient (Wildman–Crippen LogP) is 2.60. The Hall–Kier alpha value is -1.00. The average molecular weight is 269 g/mol. The topological polar surface area (TPSA) is 54.2 Å². The minimum atomic E-state index is 0.330. The van der Waals surface area contributed by atoms with Crippen LogP contribution in [0.5, 0.6) is 0 Å². The van der Waals surface area contributed by atoms with Crippen LogP contribution < -0.4 is 11.1 Å². The zero-order valence-electron chi connectivity index (χ0n) is 10.8. The van der Waals surface area contributed by atoms with Gasteiger partial charge in [0.2, 0.25) is 0 Å². The van der Waals surface area contributed by atoms with Gasteiger partial charge in [-0.15, -0.1) is 0 Å². The van der Waals surface area contributed by atoms with Crippen molar-refractivity contribution in [3.05, 3.63) is 17.3 Å². The van der Waals surface area contributed by atoms with Crippen LogP contribution in [-0.2, 0) is 0 Å². The van der Waals surface area contributed by atoms with Crippen molar-refractivity contribution in [3.8, 4) is 0 Å². The van der Waals surface area contributed by atoms with Crippen molar-refractivity contribution in [2.45, 2.75) is 32.2 Å². The smallest absolute Gasteiger partial charge is 0.145 e. The summed E-state index contributed by atoms with van der Waals surface area (Å²) in [6.07, 6.45) is 5.62. The molecule has 5 heteroatoms. The fourth-order valence-electron chi connectivity index (χ4n) is 2.37. The van der Waals surface area contributed by atoms with Crippen molar-refractivity contribution < 1.29 is 0 Å². The number of hydrogen-bond donors (Lipinski definition) is 2. The predicted molar refractivity (Wildman–Crippen MR) is 77.0 cm³/mol. The lowest BCUT2D eigenvalue weighted by molar-refractivity contribution is 0.223. The van der Waals surface area contributed by atoms with Crippen molar-refractivity contribution in [1.29, 1.82) is 0 Å². The largest absolute Gasteiger partial charge is 0.397 e. The van der Waals surface area contributed by atoms with Gasteiger partial charge in [0.05, 0.1) is 16.9 Å². The number of hydrogen-bond acceptors (Lipinski definition) is 4. The Morgan fingerprint density at radius 3 is 2.83 bits per heavy atom. The second kappa shape index (κ2) is 6.25. The molecule has 3 N–H and O–H groups in total. The molecule has 2 heterocycles. The van der Waals surface area contributed by atoms with Gasteiger partial charge in [0.1, 0.15) is 5.82 Å². The van der Waals surface area contributed by atoms with Crippen LogP contribution >= 0.6 is 11.6 Å². The number of nitrogens with one attached hydrogen (secondary N) is 1. The molecule has 1 atom stereocenters. The van der Waals surface area contributed by atoms with E-state index in [1.54, 1.807) is 12.3 Å².